The summed E-state index contributed by atoms with van der Waals surface area (Å²) in [5, 5.41) is 8.32. The predicted molar refractivity (Wildman–Crippen MR) is 45.4 cm³/mol. The van der Waals surface area contributed by atoms with Crippen LogP contribution in [0, 0.1) is 0 Å². The molecule has 0 aromatic heterocycles. The van der Waals surface area contributed by atoms with Gasteiger partial charge in [-0.3, -0.25) is 8.74 Å². The average Bonchev–Trinajstić information content (AvgIpc) is 2.09. The lowest BCUT2D eigenvalue weighted by atomic mass is 10.7. The van der Waals surface area contributed by atoms with E-state index in [0.717, 1.165) is 0 Å². The van der Waals surface area contributed by atoms with Crippen molar-refractivity contribution in [3.63, 3.8) is 0 Å². The number of hydrogen-bond acceptors (Lipinski definition) is 5. The lowest BCUT2D eigenvalue weighted by molar-refractivity contribution is 0.0251. The predicted octanol–water partition coefficient (Wildman–Crippen LogP) is -0.835. The van der Waals surface area contributed by atoms with E-state index in [9.17, 15) is 4.21 Å². The van der Waals surface area contributed by atoms with Crippen LogP contribution in [0.5, 0.6) is 0 Å². The average molecular weight is 214 g/mol. The van der Waals surface area contributed by atoms with E-state index in [-0.39, 0.29) is 19.8 Å². The summed E-state index contributed by atoms with van der Waals surface area (Å²) in [7, 11) is 0. The highest BCUT2D eigenvalue weighted by molar-refractivity contribution is 7.74. The number of hydrogen-bond donors (Lipinski definition) is 2. The Morgan fingerprint density at radius 3 is 2.08 bits per heavy atom. The van der Waals surface area contributed by atoms with Crippen LogP contribution < -0.4 is 0 Å². The molecule has 0 radical (unpaired) electrons. The van der Waals surface area contributed by atoms with E-state index in [1.54, 1.807) is 0 Å². The largest absolute Gasteiger partial charge is 0.394 e. The fourth-order valence-corrected chi connectivity index (χ4v) is 0.761. The number of aliphatic hydroxyl groups is 1. The Balaban J connectivity index is 2.87. The second-order valence-electron chi connectivity index (χ2n) is 1.99. The van der Waals surface area contributed by atoms with Crippen molar-refractivity contribution in [2.24, 2.45) is 0 Å². The molecule has 0 aliphatic carbocycles. The van der Waals surface area contributed by atoms with Crippen molar-refractivity contribution in [3.8, 4) is 0 Å². The number of ether oxygens (including phenoxy) is 2. The van der Waals surface area contributed by atoms with Crippen LogP contribution in [0.25, 0.3) is 0 Å². The highest BCUT2D eigenvalue weighted by Crippen LogP contribution is 1.82. The summed E-state index contributed by atoms with van der Waals surface area (Å²) in [5.41, 5.74) is 0. The van der Waals surface area contributed by atoms with Gasteiger partial charge in [0.25, 0.3) is 0 Å². The fraction of sp³-hybridized carbons (Fsp3) is 1.00. The van der Waals surface area contributed by atoms with Crippen molar-refractivity contribution in [1.29, 1.82) is 0 Å². The zero-order valence-corrected chi connectivity index (χ0v) is 7.99. The third-order valence-corrected chi connectivity index (χ3v) is 1.39. The van der Waals surface area contributed by atoms with Crippen LogP contribution in [-0.4, -0.2) is 53.5 Å². The second-order valence-corrected chi connectivity index (χ2v) is 2.66. The summed E-state index contributed by atoms with van der Waals surface area (Å²) in [6.07, 6.45) is 0. The molecule has 0 bridgehead atoms. The van der Waals surface area contributed by atoms with Crippen molar-refractivity contribution in [2.75, 3.05) is 39.6 Å². The fourth-order valence-electron chi connectivity index (χ4n) is 0.551. The molecule has 0 rings (SSSR count). The Kier molecular flexibility index (Phi) is 10.00. The Bertz CT molecular complexity index is 130. The molecule has 0 aliphatic heterocycles. The third kappa shape index (κ3) is 12.0. The lowest BCUT2D eigenvalue weighted by Crippen LogP contribution is -2.11. The molecule has 80 valence electrons. The van der Waals surface area contributed by atoms with E-state index < -0.39 is 11.4 Å². The van der Waals surface area contributed by atoms with Gasteiger partial charge in [-0.05, 0) is 0 Å². The first kappa shape index (κ1) is 12.9. The summed E-state index contributed by atoms with van der Waals surface area (Å²) < 4.78 is 32.3. The van der Waals surface area contributed by atoms with Gasteiger partial charge < -0.3 is 14.6 Å². The molecule has 0 heterocycles. The van der Waals surface area contributed by atoms with Gasteiger partial charge in [0, 0.05) is 0 Å². The molecular formula is C6H14O6S. The Morgan fingerprint density at radius 1 is 1.00 bits per heavy atom. The van der Waals surface area contributed by atoms with Gasteiger partial charge >= 0.3 is 11.4 Å². The van der Waals surface area contributed by atoms with Crippen LogP contribution in [0.1, 0.15) is 0 Å². The molecule has 1 atom stereocenters. The molecule has 6 nitrogen and oxygen atoms in total. The first-order valence-corrected chi connectivity index (χ1v) is 4.81. The van der Waals surface area contributed by atoms with E-state index >= 15 is 0 Å². The van der Waals surface area contributed by atoms with Gasteiger partial charge in [0.1, 0.15) is 0 Å². The number of aliphatic hydroxyl groups excluding tert-OH is 1. The van der Waals surface area contributed by atoms with E-state index in [4.69, 9.17) is 19.1 Å². The number of rotatable bonds is 9. The summed E-state index contributed by atoms with van der Waals surface area (Å²) in [6, 6.07) is 0. The monoisotopic (exact) mass is 214 g/mol. The smallest absolute Gasteiger partial charge is 0.301 e. The van der Waals surface area contributed by atoms with Crippen LogP contribution in [0.2, 0.25) is 0 Å². The van der Waals surface area contributed by atoms with Crippen molar-refractivity contribution < 1.29 is 27.5 Å². The molecule has 0 aliphatic rings. The Hall–Kier alpha value is -0.0500. The molecule has 7 heteroatoms. The zero-order valence-electron chi connectivity index (χ0n) is 7.18. The maximum Gasteiger partial charge on any atom is 0.301 e. The SMILES string of the molecule is O=S(O)OCCOCCOCCO. The van der Waals surface area contributed by atoms with Gasteiger partial charge in [-0.1, -0.05) is 0 Å². The maximum absolute atomic E-state index is 9.95. The molecule has 0 aromatic carbocycles. The maximum atomic E-state index is 9.95. The molecule has 0 saturated carbocycles. The summed E-state index contributed by atoms with van der Waals surface area (Å²) in [6.45, 7) is 1.37. The Labute approximate surface area is 79.3 Å². The van der Waals surface area contributed by atoms with Crippen LogP contribution in [0.4, 0.5) is 0 Å². The molecule has 1 unspecified atom stereocenters. The zero-order chi connectivity index (χ0) is 9.94. The summed E-state index contributed by atoms with van der Waals surface area (Å²) in [4.78, 5) is 0. The molecule has 0 fully saturated rings. The van der Waals surface area contributed by atoms with Gasteiger partial charge in [0.2, 0.25) is 0 Å². The molecule has 0 spiro atoms. The van der Waals surface area contributed by atoms with E-state index in [1.807, 2.05) is 0 Å². The van der Waals surface area contributed by atoms with E-state index in [1.165, 1.54) is 0 Å². The van der Waals surface area contributed by atoms with E-state index in [0.29, 0.717) is 19.8 Å². The normalized spacial score (nSPS) is 13.1. The molecule has 0 saturated heterocycles. The topological polar surface area (TPSA) is 85.2 Å². The quantitative estimate of drug-likeness (QED) is 0.385. The highest BCUT2D eigenvalue weighted by atomic mass is 32.2. The standard InChI is InChI=1S/C6H14O6S/c7-1-2-10-3-4-11-5-6-12-13(8)9/h7H,1-6H2,(H,8,9). The summed E-state index contributed by atoms with van der Waals surface area (Å²) >= 11 is -2.22. The van der Waals surface area contributed by atoms with Gasteiger partial charge in [-0.2, -0.15) is 4.21 Å². The Morgan fingerprint density at radius 2 is 1.54 bits per heavy atom. The van der Waals surface area contributed by atoms with Crippen molar-refractivity contribution in [1.82, 2.24) is 0 Å². The minimum absolute atomic E-state index is 0.00734. The van der Waals surface area contributed by atoms with Gasteiger partial charge in [0.15, 0.2) is 0 Å². The molecule has 0 amide bonds. The van der Waals surface area contributed by atoms with Crippen molar-refractivity contribution in [2.45, 2.75) is 0 Å². The van der Waals surface area contributed by atoms with Crippen molar-refractivity contribution >= 4 is 11.4 Å². The van der Waals surface area contributed by atoms with Gasteiger partial charge in [-0.25, -0.2) is 0 Å². The first-order chi connectivity index (χ1) is 6.27. The molecule has 0 aromatic rings. The van der Waals surface area contributed by atoms with E-state index in [2.05, 4.69) is 4.18 Å². The molecular weight excluding hydrogens is 200 g/mol. The third-order valence-electron chi connectivity index (χ3n) is 1.02. The highest BCUT2D eigenvalue weighted by Gasteiger charge is 1.93. The summed E-state index contributed by atoms with van der Waals surface area (Å²) in [5.74, 6) is 0. The van der Waals surface area contributed by atoms with Crippen LogP contribution in [0.3, 0.4) is 0 Å². The van der Waals surface area contributed by atoms with Crippen molar-refractivity contribution in [3.05, 3.63) is 0 Å². The van der Waals surface area contributed by atoms with Gasteiger partial charge in [-0.15, -0.1) is 0 Å². The van der Waals surface area contributed by atoms with Crippen LogP contribution in [-0.2, 0) is 25.0 Å². The lowest BCUT2D eigenvalue weighted by Gasteiger charge is -2.03. The van der Waals surface area contributed by atoms with Crippen LogP contribution in [0.15, 0.2) is 0 Å². The first-order valence-electron chi connectivity index (χ1n) is 3.78. The molecule has 2 N–H and O–H groups in total. The van der Waals surface area contributed by atoms with Gasteiger partial charge in [0.05, 0.1) is 39.6 Å². The minimum atomic E-state index is -2.22. The molecule has 13 heavy (non-hydrogen) atoms. The minimum Gasteiger partial charge on any atom is -0.394 e. The van der Waals surface area contributed by atoms with Crippen LogP contribution >= 0.6 is 0 Å². The second kappa shape index (κ2) is 10.0.